The van der Waals surface area contributed by atoms with E-state index in [4.69, 9.17) is 11.6 Å². The summed E-state index contributed by atoms with van der Waals surface area (Å²) in [5.41, 5.74) is -2.65. The minimum atomic E-state index is -4.78. The van der Waals surface area contributed by atoms with Crippen LogP contribution in [0.5, 0.6) is 0 Å². The summed E-state index contributed by atoms with van der Waals surface area (Å²) in [5.74, 6) is -1.52. The summed E-state index contributed by atoms with van der Waals surface area (Å²) in [7, 11) is 0. The van der Waals surface area contributed by atoms with Crippen molar-refractivity contribution in [3.63, 3.8) is 0 Å². The van der Waals surface area contributed by atoms with Crippen molar-refractivity contribution in [2.45, 2.75) is 31.0 Å². The quantitative estimate of drug-likeness (QED) is 0.767. The van der Waals surface area contributed by atoms with E-state index in [-0.39, 0.29) is 5.56 Å². The Balaban J connectivity index is 2.50. The fourth-order valence-corrected chi connectivity index (χ4v) is 2.25. The molecule has 0 radical (unpaired) electrons. The van der Waals surface area contributed by atoms with Crippen LogP contribution in [0.15, 0.2) is 12.1 Å². The molecule has 1 fully saturated rings. The molecule has 6 heteroatoms. The summed E-state index contributed by atoms with van der Waals surface area (Å²) in [6, 6.07) is 1.67. The highest BCUT2D eigenvalue weighted by atomic mass is 35.5. The molecule has 0 spiro atoms. The highest BCUT2D eigenvalue weighted by molar-refractivity contribution is 6.31. The van der Waals surface area contributed by atoms with Crippen molar-refractivity contribution < 1.29 is 22.7 Å². The van der Waals surface area contributed by atoms with Gasteiger partial charge in [0, 0.05) is 5.56 Å². The minimum absolute atomic E-state index is 0.0379. The van der Waals surface area contributed by atoms with Gasteiger partial charge >= 0.3 is 6.18 Å². The standard InChI is InChI=1S/C11H9ClF4O/c12-8-6(10(17)4-1-5-10)2-3-7(9(8)13)11(14,15)16/h2-3,17H,1,4-5H2. The molecule has 0 aromatic heterocycles. The largest absolute Gasteiger partial charge is 0.419 e. The van der Waals surface area contributed by atoms with Gasteiger partial charge in [-0.1, -0.05) is 17.7 Å². The number of alkyl halides is 3. The molecule has 0 atom stereocenters. The van der Waals surface area contributed by atoms with Gasteiger partial charge in [-0.05, 0) is 25.3 Å². The molecule has 1 N–H and O–H groups in total. The predicted molar refractivity (Wildman–Crippen MR) is 54.2 cm³/mol. The molecule has 1 aromatic rings. The first-order valence-corrected chi connectivity index (χ1v) is 5.41. The highest BCUT2D eigenvalue weighted by Gasteiger charge is 2.41. The number of rotatable bonds is 1. The number of benzene rings is 1. The lowest BCUT2D eigenvalue weighted by Crippen LogP contribution is -2.34. The zero-order chi connectivity index (χ0) is 12.8. The van der Waals surface area contributed by atoms with E-state index in [9.17, 15) is 22.7 Å². The molecule has 1 aromatic carbocycles. The van der Waals surface area contributed by atoms with Gasteiger partial charge in [0.05, 0.1) is 16.2 Å². The molecule has 0 unspecified atom stereocenters. The number of aliphatic hydroxyl groups is 1. The lowest BCUT2D eigenvalue weighted by molar-refractivity contribution is -0.140. The maximum absolute atomic E-state index is 13.5. The molecule has 0 amide bonds. The summed E-state index contributed by atoms with van der Waals surface area (Å²) in [6.45, 7) is 0. The lowest BCUT2D eigenvalue weighted by atomic mass is 9.75. The van der Waals surface area contributed by atoms with E-state index in [1.54, 1.807) is 0 Å². The van der Waals surface area contributed by atoms with Crippen LogP contribution in [0, 0.1) is 5.82 Å². The smallest absolute Gasteiger partial charge is 0.385 e. The molecule has 1 saturated carbocycles. The van der Waals surface area contributed by atoms with Crippen LogP contribution in [0.4, 0.5) is 17.6 Å². The second kappa shape index (κ2) is 3.85. The van der Waals surface area contributed by atoms with Crippen molar-refractivity contribution in [2.75, 3.05) is 0 Å². The van der Waals surface area contributed by atoms with Gasteiger partial charge in [0.15, 0.2) is 5.82 Å². The minimum Gasteiger partial charge on any atom is -0.385 e. The van der Waals surface area contributed by atoms with Crippen molar-refractivity contribution in [3.8, 4) is 0 Å². The summed E-state index contributed by atoms with van der Waals surface area (Å²) in [5, 5.41) is 9.31. The van der Waals surface area contributed by atoms with Crippen molar-refractivity contribution >= 4 is 11.6 Å². The van der Waals surface area contributed by atoms with Gasteiger partial charge in [-0.25, -0.2) is 4.39 Å². The van der Waals surface area contributed by atoms with Crippen LogP contribution in [0.3, 0.4) is 0 Å². The van der Waals surface area contributed by atoms with Crippen LogP contribution < -0.4 is 0 Å². The third kappa shape index (κ3) is 2.02. The zero-order valence-electron chi connectivity index (χ0n) is 8.61. The van der Waals surface area contributed by atoms with Gasteiger partial charge in [-0.3, -0.25) is 0 Å². The molecule has 0 bridgehead atoms. The maximum Gasteiger partial charge on any atom is 0.419 e. The number of hydrogen-bond donors (Lipinski definition) is 1. The third-order valence-electron chi connectivity index (χ3n) is 3.07. The van der Waals surface area contributed by atoms with Crippen LogP contribution in [0.25, 0.3) is 0 Å². The molecule has 1 nitrogen and oxygen atoms in total. The molecule has 1 aliphatic carbocycles. The van der Waals surface area contributed by atoms with Crippen LogP contribution in [0.2, 0.25) is 5.02 Å². The third-order valence-corrected chi connectivity index (χ3v) is 3.44. The Kier molecular flexibility index (Phi) is 2.86. The van der Waals surface area contributed by atoms with E-state index in [0.717, 1.165) is 12.5 Å². The summed E-state index contributed by atoms with van der Waals surface area (Å²) in [6.07, 6.45) is -3.26. The molecule has 0 heterocycles. The highest BCUT2D eigenvalue weighted by Crippen LogP contribution is 2.46. The average molecular weight is 269 g/mol. The Hall–Kier alpha value is -0.810. The Morgan fingerprint density at radius 1 is 1.24 bits per heavy atom. The van der Waals surface area contributed by atoms with Crippen LogP contribution in [-0.4, -0.2) is 5.11 Å². The Labute approximate surface area is 100 Å². The van der Waals surface area contributed by atoms with E-state index in [1.165, 1.54) is 0 Å². The van der Waals surface area contributed by atoms with Gasteiger partial charge in [-0.15, -0.1) is 0 Å². The fourth-order valence-electron chi connectivity index (χ4n) is 1.91. The van der Waals surface area contributed by atoms with Crippen LogP contribution in [0.1, 0.15) is 30.4 Å². The van der Waals surface area contributed by atoms with Gasteiger partial charge in [0.1, 0.15) is 0 Å². The van der Waals surface area contributed by atoms with Gasteiger partial charge < -0.3 is 5.11 Å². The van der Waals surface area contributed by atoms with Gasteiger partial charge in [0.2, 0.25) is 0 Å². The molecule has 2 rings (SSSR count). The van der Waals surface area contributed by atoms with E-state index in [0.29, 0.717) is 18.9 Å². The predicted octanol–water partition coefficient (Wildman–Crippen LogP) is 3.87. The first-order chi connectivity index (χ1) is 7.76. The Morgan fingerprint density at radius 3 is 2.24 bits per heavy atom. The fraction of sp³-hybridized carbons (Fsp3) is 0.455. The zero-order valence-corrected chi connectivity index (χ0v) is 9.37. The van der Waals surface area contributed by atoms with E-state index >= 15 is 0 Å². The average Bonchev–Trinajstić information content (AvgIpc) is 2.16. The molecule has 0 saturated heterocycles. The topological polar surface area (TPSA) is 20.2 Å². The number of hydrogen-bond acceptors (Lipinski definition) is 1. The first kappa shape index (κ1) is 12.6. The number of halogens is 5. The molecule has 94 valence electrons. The monoisotopic (exact) mass is 268 g/mol. The van der Waals surface area contributed by atoms with Crippen molar-refractivity contribution in [1.82, 2.24) is 0 Å². The van der Waals surface area contributed by atoms with Crippen molar-refractivity contribution in [2.24, 2.45) is 0 Å². The van der Waals surface area contributed by atoms with Crippen LogP contribution >= 0.6 is 11.6 Å². The van der Waals surface area contributed by atoms with E-state index < -0.39 is 28.2 Å². The van der Waals surface area contributed by atoms with Crippen molar-refractivity contribution in [3.05, 3.63) is 34.1 Å². The van der Waals surface area contributed by atoms with Gasteiger partial charge in [-0.2, -0.15) is 13.2 Å². The lowest BCUT2D eigenvalue weighted by Gasteiger charge is -2.37. The Morgan fingerprint density at radius 2 is 1.82 bits per heavy atom. The van der Waals surface area contributed by atoms with Crippen molar-refractivity contribution in [1.29, 1.82) is 0 Å². The molecule has 0 aliphatic heterocycles. The summed E-state index contributed by atoms with van der Waals surface area (Å²) >= 11 is 5.57. The van der Waals surface area contributed by atoms with E-state index in [1.807, 2.05) is 0 Å². The molecule has 17 heavy (non-hydrogen) atoms. The summed E-state index contributed by atoms with van der Waals surface area (Å²) in [4.78, 5) is 0. The van der Waals surface area contributed by atoms with Crippen LogP contribution in [-0.2, 0) is 11.8 Å². The Bertz CT molecular complexity index is 452. The molecule has 1 aliphatic rings. The second-order valence-electron chi connectivity index (χ2n) is 4.17. The molecular weight excluding hydrogens is 260 g/mol. The second-order valence-corrected chi connectivity index (χ2v) is 4.55. The maximum atomic E-state index is 13.5. The summed E-state index contributed by atoms with van der Waals surface area (Å²) < 4.78 is 50.7. The normalized spacial score (nSPS) is 18.9. The molecular formula is C11H9ClF4O. The SMILES string of the molecule is OC1(c2ccc(C(F)(F)F)c(F)c2Cl)CCC1. The first-order valence-electron chi connectivity index (χ1n) is 5.04. The van der Waals surface area contributed by atoms with Gasteiger partial charge in [0.25, 0.3) is 0 Å². The van der Waals surface area contributed by atoms with E-state index in [2.05, 4.69) is 0 Å².